The van der Waals surface area contributed by atoms with E-state index in [4.69, 9.17) is 4.74 Å². The van der Waals surface area contributed by atoms with Gasteiger partial charge in [0.25, 0.3) is 5.91 Å². The number of hydrogen-bond donors (Lipinski definition) is 1. The van der Waals surface area contributed by atoms with E-state index in [1.807, 2.05) is 31.2 Å². The molecule has 1 aliphatic heterocycles. The summed E-state index contributed by atoms with van der Waals surface area (Å²) in [5.41, 5.74) is 3.60. The third-order valence-electron chi connectivity index (χ3n) is 4.64. The van der Waals surface area contributed by atoms with Crippen molar-refractivity contribution in [2.45, 2.75) is 31.1 Å². The lowest BCUT2D eigenvalue weighted by Crippen LogP contribution is -2.35. The molecule has 1 heterocycles. The second kappa shape index (κ2) is 9.67. The molecule has 1 saturated heterocycles. The van der Waals surface area contributed by atoms with Gasteiger partial charge in [0.15, 0.2) is 0 Å². The first-order chi connectivity index (χ1) is 14.0. The molecule has 0 aromatic heterocycles. The van der Waals surface area contributed by atoms with Gasteiger partial charge in [-0.25, -0.2) is 13.8 Å². The quantitative estimate of drug-likeness (QED) is 0.556. The first-order valence-corrected chi connectivity index (χ1v) is 11.1. The monoisotopic (exact) mass is 415 g/mol. The van der Waals surface area contributed by atoms with Crippen molar-refractivity contribution in [3.8, 4) is 5.75 Å². The highest BCUT2D eigenvalue weighted by Crippen LogP contribution is 2.20. The summed E-state index contributed by atoms with van der Waals surface area (Å²) in [7, 11) is -3.50. The zero-order valence-corrected chi connectivity index (χ0v) is 17.2. The molecule has 1 N–H and O–H groups in total. The van der Waals surface area contributed by atoms with E-state index in [9.17, 15) is 13.2 Å². The number of amides is 1. The number of piperidine rings is 1. The maximum Gasteiger partial charge on any atom is 0.271 e. The maximum atomic E-state index is 12.7. The van der Waals surface area contributed by atoms with Gasteiger partial charge in [-0.2, -0.15) is 9.41 Å². The van der Waals surface area contributed by atoms with E-state index in [-0.39, 0.29) is 4.90 Å². The van der Waals surface area contributed by atoms with Gasteiger partial charge >= 0.3 is 0 Å². The van der Waals surface area contributed by atoms with Crippen molar-refractivity contribution >= 4 is 22.1 Å². The number of nitrogens with one attached hydrogen (secondary N) is 1. The van der Waals surface area contributed by atoms with Gasteiger partial charge in [-0.15, -0.1) is 0 Å². The van der Waals surface area contributed by atoms with Gasteiger partial charge in [0, 0.05) is 18.7 Å². The lowest BCUT2D eigenvalue weighted by Gasteiger charge is -2.25. The van der Waals surface area contributed by atoms with Crippen LogP contribution in [0.1, 0.15) is 42.1 Å². The molecule has 1 aliphatic rings. The number of nitrogens with zero attached hydrogens (tertiary/aromatic N) is 2. The van der Waals surface area contributed by atoms with Crippen LogP contribution in [0.4, 0.5) is 0 Å². The predicted molar refractivity (Wildman–Crippen MR) is 112 cm³/mol. The van der Waals surface area contributed by atoms with Crippen LogP contribution >= 0.6 is 0 Å². The number of benzene rings is 2. The van der Waals surface area contributed by atoms with Gasteiger partial charge in [-0.3, -0.25) is 4.79 Å². The normalized spacial score (nSPS) is 15.3. The van der Waals surface area contributed by atoms with E-state index in [0.717, 1.165) is 30.6 Å². The van der Waals surface area contributed by atoms with Crippen LogP contribution in [0, 0.1) is 0 Å². The van der Waals surface area contributed by atoms with Crippen molar-refractivity contribution < 1.29 is 17.9 Å². The highest BCUT2D eigenvalue weighted by Gasteiger charge is 2.25. The average molecular weight is 416 g/mol. The van der Waals surface area contributed by atoms with Crippen LogP contribution < -0.4 is 10.2 Å². The summed E-state index contributed by atoms with van der Waals surface area (Å²) in [4.78, 5) is 12.4. The molecule has 0 atom stereocenters. The summed E-state index contributed by atoms with van der Waals surface area (Å²) < 4.78 is 32.2. The maximum absolute atomic E-state index is 12.7. The minimum absolute atomic E-state index is 0.203. The minimum atomic E-state index is -3.50. The number of ether oxygens (including phenoxy) is 1. The predicted octanol–water partition coefficient (Wildman–Crippen LogP) is 3.02. The highest BCUT2D eigenvalue weighted by molar-refractivity contribution is 7.89. The Kier molecular flexibility index (Phi) is 7.00. The van der Waals surface area contributed by atoms with Crippen molar-refractivity contribution in [1.29, 1.82) is 0 Å². The van der Waals surface area contributed by atoms with Crippen molar-refractivity contribution in [3.63, 3.8) is 0 Å². The molecule has 0 bridgehead atoms. The molecule has 29 heavy (non-hydrogen) atoms. The average Bonchev–Trinajstić information content (AvgIpc) is 2.76. The molecule has 7 nitrogen and oxygen atoms in total. The molecule has 8 heteroatoms. The Labute approximate surface area is 171 Å². The Morgan fingerprint density at radius 1 is 1.07 bits per heavy atom. The first kappa shape index (κ1) is 21.0. The van der Waals surface area contributed by atoms with Crippen molar-refractivity contribution in [3.05, 3.63) is 59.7 Å². The molecule has 0 radical (unpaired) electrons. The van der Waals surface area contributed by atoms with Crippen LogP contribution in [-0.2, 0) is 10.0 Å². The Morgan fingerprint density at radius 3 is 2.34 bits per heavy atom. The lowest BCUT2D eigenvalue weighted by molar-refractivity contribution is 0.0955. The van der Waals surface area contributed by atoms with Gasteiger partial charge < -0.3 is 4.74 Å². The zero-order chi connectivity index (χ0) is 20.7. The molecule has 2 aromatic rings. The number of hydrogen-bond acceptors (Lipinski definition) is 5. The molecule has 0 spiro atoms. The Balaban J connectivity index is 1.60. The van der Waals surface area contributed by atoms with Gasteiger partial charge in [-0.05, 0) is 73.9 Å². The third-order valence-corrected chi connectivity index (χ3v) is 6.55. The smallest absolute Gasteiger partial charge is 0.271 e. The Hall–Kier alpha value is -2.71. The summed E-state index contributed by atoms with van der Waals surface area (Å²) in [5.74, 6) is 0.363. The molecular formula is C21H25N3O4S. The molecule has 0 unspecified atom stereocenters. The Bertz CT molecular complexity index is 948. The molecule has 3 rings (SSSR count). The SMILES string of the molecule is CCOc1ccc(/C=N/NC(=O)c2ccc(S(=O)(=O)N3CCCCC3)cc2)cc1. The number of carbonyl (C=O) groups is 1. The zero-order valence-electron chi connectivity index (χ0n) is 16.4. The fourth-order valence-corrected chi connectivity index (χ4v) is 4.60. The van der Waals surface area contributed by atoms with Gasteiger partial charge in [0.05, 0.1) is 17.7 Å². The highest BCUT2D eigenvalue weighted by atomic mass is 32.2. The van der Waals surface area contributed by atoms with E-state index >= 15 is 0 Å². The van der Waals surface area contributed by atoms with E-state index in [1.54, 1.807) is 0 Å². The summed E-state index contributed by atoms with van der Waals surface area (Å²) in [6.45, 7) is 3.61. The fraction of sp³-hybridized carbons (Fsp3) is 0.333. The fourth-order valence-electron chi connectivity index (χ4n) is 3.08. The standard InChI is InChI=1S/C21H25N3O4S/c1-2-28-19-10-6-17(7-11-19)16-22-23-21(25)18-8-12-20(13-9-18)29(26,27)24-14-4-3-5-15-24/h6-13,16H,2-5,14-15H2,1H3,(H,23,25)/b22-16+. The number of hydrazone groups is 1. The second-order valence-electron chi connectivity index (χ2n) is 6.69. The largest absolute Gasteiger partial charge is 0.494 e. The van der Waals surface area contributed by atoms with E-state index in [2.05, 4.69) is 10.5 Å². The van der Waals surface area contributed by atoms with Crippen LogP contribution in [0.3, 0.4) is 0 Å². The van der Waals surface area contributed by atoms with Crippen LogP contribution in [0.2, 0.25) is 0 Å². The van der Waals surface area contributed by atoms with Gasteiger partial charge in [0.2, 0.25) is 10.0 Å². The summed E-state index contributed by atoms with van der Waals surface area (Å²) in [5, 5.41) is 3.95. The topological polar surface area (TPSA) is 88.1 Å². The summed E-state index contributed by atoms with van der Waals surface area (Å²) >= 11 is 0. The van der Waals surface area contributed by atoms with Crippen LogP contribution in [0.15, 0.2) is 58.5 Å². The summed E-state index contributed by atoms with van der Waals surface area (Å²) in [6.07, 6.45) is 4.35. The number of rotatable bonds is 7. The Morgan fingerprint density at radius 2 is 1.72 bits per heavy atom. The number of carbonyl (C=O) groups excluding carboxylic acids is 1. The molecule has 0 aliphatic carbocycles. The molecule has 154 valence electrons. The molecule has 1 amide bonds. The van der Waals surface area contributed by atoms with Crippen LogP contribution in [-0.4, -0.2) is 44.5 Å². The van der Waals surface area contributed by atoms with Crippen molar-refractivity contribution in [2.24, 2.45) is 5.10 Å². The van der Waals surface area contributed by atoms with Gasteiger partial charge in [0.1, 0.15) is 5.75 Å². The second-order valence-corrected chi connectivity index (χ2v) is 8.63. The molecule has 2 aromatic carbocycles. The lowest BCUT2D eigenvalue weighted by atomic mass is 10.2. The molecular weight excluding hydrogens is 390 g/mol. The molecule has 0 saturated carbocycles. The molecule has 1 fully saturated rings. The minimum Gasteiger partial charge on any atom is -0.494 e. The van der Waals surface area contributed by atoms with Crippen molar-refractivity contribution in [2.75, 3.05) is 19.7 Å². The summed E-state index contributed by atoms with van der Waals surface area (Å²) in [6, 6.07) is 13.3. The third kappa shape index (κ3) is 5.42. The van der Waals surface area contributed by atoms with E-state index in [1.165, 1.54) is 34.8 Å². The number of sulfonamides is 1. The van der Waals surface area contributed by atoms with E-state index in [0.29, 0.717) is 25.3 Å². The van der Waals surface area contributed by atoms with Gasteiger partial charge in [-0.1, -0.05) is 6.42 Å². The van der Waals surface area contributed by atoms with E-state index < -0.39 is 15.9 Å². The van der Waals surface area contributed by atoms with Crippen LogP contribution in [0.25, 0.3) is 0 Å². The van der Waals surface area contributed by atoms with Crippen LogP contribution in [0.5, 0.6) is 5.75 Å². The first-order valence-electron chi connectivity index (χ1n) is 9.67. The van der Waals surface area contributed by atoms with Crippen molar-refractivity contribution in [1.82, 2.24) is 9.73 Å².